The van der Waals surface area contributed by atoms with Gasteiger partial charge in [0.2, 0.25) is 0 Å². The van der Waals surface area contributed by atoms with Gasteiger partial charge < -0.3 is 9.47 Å². The highest BCUT2D eigenvalue weighted by Crippen LogP contribution is 2.23. The number of carbonyl (C=O) groups excluding carboxylic acids is 3. The van der Waals surface area contributed by atoms with Crippen molar-refractivity contribution in [2.45, 2.75) is 6.61 Å². The summed E-state index contributed by atoms with van der Waals surface area (Å²) in [7, 11) is 0. The van der Waals surface area contributed by atoms with Crippen LogP contribution in [0.1, 0.15) is 20.7 Å². The van der Waals surface area contributed by atoms with Crippen LogP contribution in [-0.4, -0.2) is 35.9 Å². The standard InChI is InChI=1S/C17H11ClF2N2O7/c18-10-3-6-13(22(26)27)12(7-10)16(25)28-8-14(23)21-15(24)9-1-4-11(5-2-9)29-17(19)20/h1-7,17H,8H2,(H,21,23,24). The number of hydrogen-bond acceptors (Lipinski definition) is 7. The molecular weight excluding hydrogens is 418 g/mol. The van der Waals surface area contributed by atoms with Gasteiger partial charge in [0, 0.05) is 16.7 Å². The van der Waals surface area contributed by atoms with E-state index in [-0.39, 0.29) is 16.3 Å². The van der Waals surface area contributed by atoms with Crippen molar-refractivity contribution >= 4 is 35.1 Å². The number of carbonyl (C=O) groups is 3. The highest BCUT2D eigenvalue weighted by molar-refractivity contribution is 6.31. The van der Waals surface area contributed by atoms with Gasteiger partial charge in [-0.1, -0.05) is 11.6 Å². The van der Waals surface area contributed by atoms with E-state index in [9.17, 15) is 33.3 Å². The molecule has 0 fully saturated rings. The Hall–Kier alpha value is -3.60. The van der Waals surface area contributed by atoms with E-state index in [4.69, 9.17) is 11.6 Å². The largest absolute Gasteiger partial charge is 0.452 e. The summed E-state index contributed by atoms with van der Waals surface area (Å²) in [6.45, 7) is -3.93. The number of esters is 1. The lowest BCUT2D eigenvalue weighted by molar-refractivity contribution is -0.385. The molecule has 2 aromatic carbocycles. The van der Waals surface area contributed by atoms with E-state index >= 15 is 0 Å². The molecule has 1 N–H and O–H groups in total. The Morgan fingerprint density at radius 3 is 2.38 bits per heavy atom. The van der Waals surface area contributed by atoms with E-state index in [2.05, 4.69) is 9.47 Å². The van der Waals surface area contributed by atoms with E-state index in [1.54, 1.807) is 0 Å². The maximum Gasteiger partial charge on any atom is 0.387 e. The van der Waals surface area contributed by atoms with Gasteiger partial charge in [-0.25, -0.2) is 4.79 Å². The van der Waals surface area contributed by atoms with Crippen LogP contribution in [0.25, 0.3) is 0 Å². The van der Waals surface area contributed by atoms with Crippen molar-refractivity contribution in [2.75, 3.05) is 6.61 Å². The summed E-state index contributed by atoms with van der Waals surface area (Å²) in [6.07, 6.45) is 0. The fourth-order valence-electron chi connectivity index (χ4n) is 2.06. The van der Waals surface area contributed by atoms with Crippen LogP contribution in [0.15, 0.2) is 42.5 Å². The maximum absolute atomic E-state index is 12.1. The lowest BCUT2D eigenvalue weighted by Gasteiger charge is -2.08. The average molecular weight is 429 g/mol. The number of imide groups is 1. The van der Waals surface area contributed by atoms with Crippen LogP contribution in [0.4, 0.5) is 14.5 Å². The van der Waals surface area contributed by atoms with Crippen molar-refractivity contribution in [3.8, 4) is 5.75 Å². The number of nitro benzene ring substituents is 1. The lowest BCUT2D eigenvalue weighted by atomic mass is 10.2. The quantitative estimate of drug-likeness (QED) is 0.408. The summed E-state index contributed by atoms with van der Waals surface area (Å²) in [5, 5.41) is 12.9. The van der Waals surface area contributed by atoms with Crippen LogP contribution in [0.2, 0.25) is 5.02 Å². The van der Waals surface area contributed by atoms with E-state index in [0.29, 0.717) is 0 Å². The first-order chi connectivity index (χ1) is 13.7. The Labute approximate surface area is 166 Å². The van der Waals surface area contributed by atoms with Crippen LogP contribution < -0.4 is 10.1 Å². The second-order valence-electron chi connectivity index (χ2n) is 5.27. The third-order valence-electron chi connectivity index (χ3n) is 3.30. The number of amides is 2. The SMILES string of the molecule is O=C(COC(=O)c1cc(Cl)ccc1[N+](=O)[O-])NC(=O)c1ccc(OC(F)F)cc1. The molecule has 0 spiro atoms. The topological polar surface area (TPSA) is 125 Å². The van der Waals surface area contributed by atoms with Gasteiger partial charge in [0.05, 0.1) is 4.92 Å². The van der Waals surface area contributed by atoms with E-state index in [1.165, 1.54) is 6.07 Å². The van der Waals surface area contributed by atoms with Crippen LogP contribution >= 0.6 is 11.6 Å². The lowest BCUT2D eigenvalue weighted by Crippen LogP contribution is -2.34. The smallest absolute Gasteiger partial charge is 0.387 e. The second kappa shape index (κ2) is 9.55. The molecule has 0 aliphatic rings. The Morgan fingerprint density at radius 1 is 1.14 bits per heavy atom. The number of benzene rings is 2. The fourth-order valence-corrected chi connectivity index (χ4v) is 2.23. The molecule has 0 aromatic heterocycles. The first-order valence-electron chi connectivity index (χ1n) is 7.67. The molecule has 0 bridgehead atoms. The normalized spacial score (nSPS) is 10.3. The van der Waals surface area contributed by atoms with Gasteiger partial charge in [-0.2, -0.15) is 8.78 Å². The van der Waals surface area contributed by atoms with Crippen LogP contribution in [-0.2, 0) is 9.53 Å². The number of nitrogens with one attached hydrogen (secondary N) is 1. The van der Waals surface area contributed by atoms with Crippen molar-refractivity contribution < 1.29 is 37.6 Å². The summed E-state index contributed by atoms with van der Waals surface area (Å²) >= 11 is 5.70. The number of ether oxygens (including phenoxy) is 2. The van der Waals surface area contributed by atoms with Crippen LogP contribution in [0, 0.1) is 10.1 Å². The first-order valence-corrected chi connectivity index (χ1v) is 8.05. The molecule has 12 heteroatoms. The van der Waals surface area contributed by atoms with Crippen molar-refractivity contribution in [3.63, 3.8) is 0 Å². The monoisotopic (exact) mass is 428 g/mol. The Balaban J connectivity index is 1.94. The molecule has 0 atom stereocenters. The number of hydrogen-bond donors (Lipinski definition) is 1. The molecule has 0 radical (unpaired) electrons. The molecule has 152 valence electrons. The number of halogens is 3. The van der Waals surface area contributed by atoms with Crippen molar-refractivity contribution in [1.82, 2.24) is 5.32 Å². The molecule has 0 aliphatic heterocycles. The van der Waals surface area contributed by atoms with Gasteiger partial charge in [-0.05, 0) is 36.4 Å². The number of nitrogens with zero attached hydrogens (tertiary/aromatic N) is 1. The molecule has 2 amide bonds. The molecule has 2 rings (SSSR count). The summed E-state index contributed by atoms with van der Waals surface area (Å²) < 4.78 is 33.0. The molecule has 0 heterocycles. The zero-order valence-electron chi connectivity index (χ0n) is 14.3. The van der Waals surface area contributed by atoms with Gasteiger partial charge in [0.15, 0.2) is 6.61 Å². The van der Waals surface area contributed by atoms with Crippen molar-refractivity contribution in [2.24, 2.45) is 0 Å². The Bertz CT molecular complexity index is 951. The van der Waals surface area contributed by atoms with Crippen molar-refractivity contribution in [1.29, 1.82) is 0 Å². The van der Waals surface area contributed by atoms with Gasteiger partial charge in [-0.3, -0.25) is 25.0 Å². The van der Waals surface area contributed by atoms with Gasteiger partial charge in [-0.15, -0.1) is 0 Å². The molecule has 0 saturated carbocycles. The molecule has 2 aromatic rings. The van der Waals surface area contributed by atoms with E-state index in [0.717, 1.165) is 36.4 Å². The number of alkyl halides is 2. The zero-order chi connectivity index (χ0) is 21.6. The first kappa shape index (κ1) is 21.7. The van der Waals surface area contributed by atoms with Crippen LogP contribution in [0.5, 0.6) is 5.75 Å². The summed E-state index contributed by atoms with van der Waals surface area (Å²) in [4.78, 5) is 45.8. The van der Waals surface area contributed by atoms with E-state index in [1.807, 2.05) is 5.32 Å². The van der Waals surface area contributed by atoms with Gasteiger partial charge in [0.1, 0.15) is 11.3 Å². The third kappa shape index (κ3) is 6.21. The van der Waals surface area contributed by atoms with Gasteiger partial charge in [0.25, 0.3) is 17.5 Å². The second-order valence-corrected chi connectivity index (χ2v) is 5.71. The molecule has 29 heavy (non-hydrogen) atoms. The summed E-state index contributed by atoms with van der Waals surface area (Å²) in [5.74, 6) is -3.26. The summed E-state index contributed by atoms with van der Waals surface area (Å²) in [5.41, 5.74) is -1.07. The minimum atomic E-state index is -3.03. The predicted molar refractivity (Wildman–Crippen MR) is 93.9 cm³/mol. The summed E-state index contributed by atoms with van der Waals surface area (Å²) in [6, 6.07) is 7.70. The highest BCUT2D eigenvalue weighted by Gasteiger charge is 2.23. The maximum atomic E-state index is 12.1. The Morgan fingerprint density at radius 2 is 1.79 bits per heavy atom. The number of rotatable bonds is 7. The Kier molecular flexibility index (Phi) is 7.15. The molecular formula is C17H11ClF2N2O7. The third-order valence-corrected chi connectivity index (χ3v) is 3.54. The number of nitro groups is 1. The molecule has 0 saturated heterocycles. The minimum absolute atomic E-state index is 0.0430. The predicted octanol–water partition coefficient (Wildman–Crippen LogP) is 2.96. The fraction of sp³-hybridized carbons (Fsp3) is 0.118. The highest BCUT2D eigenvalue weighted by atomic mass is 35.5. The minimum Gasteiger partial charge on any atom is -0.452 e. The average Bonchev–Trinajstić information content (AvgIpc) is 2.65. The molecule has 0 aliphatic carbocycles. The van der Waals surface area contributed by atoms with Gasteiger partial charge >= 0.3 is 12.6 Å². The molecule has 9 nitrogen and oxygen atoms in total. The molecule has 0 unspecified atom stereocenters. The van der Waals surface area contributed by atoms with Crippen molar-refractivity contribution in [3.05, 3.63) is 68.7 Å². The van der Waals surface area contributed by atoms with E-state index < -0.39 is 47.2 Å². The van der Waals surface area contributed by atoms with Crippen LogP contribution in [0.3, 0.4) is 0 Å². The zero-order valence-corrected chi connectivity index (χ0v) is 15.0.